The number of nitrogens with zero attached hydrogens (tertiary/aromatic N) is 1. The fourth-order valence-corrected chi connectivity index (χ4v) is 6.75. The van der Waals surface area contributed by atoms with E-state index >= 15 is 0 Å². The zero-order chi connectivity index (χ0) is 28.4. The van der Waals surface area contributed by atoms with E-state index in [1.54, 1.807) is 5.32 Å². The van der Waals surface area contributed by atoms with Crippen LogP contribution >= 0.6 is 0 Å². The van der Waals surface area contributed by atoms with Crippen molar-refractivity contribution >= 4 is 29.5 Å². The van der Waals surface area contributed by atoms with E-state index < -0.39 is 58.6 Å². The third kappa shape index (κ3) is 5.07. The van der Waals surface area contributed by atoms with Crippen LogP contribution in [0.5, 0.6) is 0 Å². The standard InChI is InChI=1S/C25H36F3N5O5/c1-22(2,3)16(31-21(38)25(26,27)28)20(37)33-11-23(10-15(33)18(30)35)5-4-14(23)13(17(29)34)8-12-9-24(6-7-24)32-19(12)36/h12-16H,4-11H2,1-3H3,(H2,29,34)(H2,30,35)(H,31,38)(H,32,36)/t12-,13+,14?,15?,16-,23?/m1/s1. The second kappa shape index (κ2) is 9.11. The van der Waals surface area contributed by atoms with Crippen LogP contribution in [0.4, 0.5) is 13.2 Å². The molecule has 212 valence electrons. The lowest BCUT2D eigenvalue weighted by molar-refractivity contribution is -0.176. The van der Waals surface area contributed by atoms with Crippen LogP contribution in [0.2, 0.25) is 0 Å². The van der Waals surface area contributed by atoms with Gasteiger partial charge in [-0.15, -0.1) is 0 Å². The average Bonchev–Trinajstić information content (AvgIpc) is 3.25. The van der Waals surface area contributed by atoms with E-state index in [1.165, 1.54) is 20.8 Å². The SMILES string of the molecule is CC(C)(C)[C@H](NC(=O)C(F)(F)F)C(=O)N1CC2(CCC2[C@H](C[C@@H]2CC3(CC3)NC2=O)C(N)=O)CC1C(N)=O. The van der Waals surface area contributed by atoms with Gasteiger partial charge in [0.25, 0.3) is 0 Å². The molecule has 2 saturated carbocycles. The summed E-state index contributed by atoms with van der Waals surface area (Å²) in [5, 5.41) is 4.80. The molecule has 10 nitrogen and oxygen atoms in total. The van der Waals surface area contributed by atoms with Crippen LogP contribution in [-0.4, -0.2) is 64.8 Å². The van der Waals surface area contributed by atoms with Crippen LogP contribution in [0, 0.1) is 28.6 Å². The predicted molar refractivity (Wildman–Crippen MR) is 127 cm³/mol. The molecule has 0 aromatic heterocycles. The Labute approximate surface area is 218 Å². The van der Waals surface area contributed by atoms with E-state index in [9.17, 15) is 37.1 Å². The molecular formula is C25H36F3N5O5. The van der Waals surface area contributed by atoms with Crippen LogP contribution in [0.25, 0.3) is 0 Å². The van der Waals surface area contributed by atoms with Gasteiger partial charge in [0.1, 0.15) is 12.1 Å². The van der Waals surface area contributed by atoms with Gasteiger partial charge in [0.2, 0.25) is 23.6 Å². The summed E-state index contributed by atoms with van der Waals surface area (Å²) >= 11 is 0. The summed E-state index contributed by atoms with van der Waals surface area (Å²) in [5.41, 5.74) is 9.45. The highest BCUT2D eigenvalue weighted by molar-refractivity contribution is 5.94. The van der Waals surface area contributed by atoms with Gasteiger partial charge < -0.3 is 27.0 Å². The minimum atomic E-state index is -5.20. The summed E-state index contributed by atoms with van der Waals surface area (Å²) in [4.78, 5) is 64.0. The number of carbonyl (C=O) groups is 5. The monoisotopic (exact) mass is 543 g/mol. The van der Waals surface area contributed by atoms with Gasteiger partial charge in [0.15, 0.2) is 0 Å². The first-order chi connectivity index (χ1) is 17.4. The van der Waals surface area contributed by atoms with Gasteiger partial charge in [-0.3, -0.25) is 24.0 Å². The molecule has 0 bridgehead atoms. The van der Waals surface area contributed by atoms with Crippen molar-refractivity contribution in [2.75, 3.05) is 6.54 Å². The minimum Gasteiger partial charge on any atom is -0.369 e. The maximum absolute atomic E-state index is 13.6. The van der Waals surface area contributed by atoms with E-state index in [-0.39, 0.29) is 42.7 Å². The van der Waals surface area contributed by atoms with Gasteiger partial charge in [-0.1, -0.05) is 20.8 Å². The van der Waals surface area contributed by atoms with E-state index in [1.807, 2.05) is 0 Å². The van der Waals surface area contributed by atoms with Crippen molar-refractivity contribution in [2.24, 2.45) is 40.1 Å². The van der Waals surface area contributed by atoms with Gasteiger partial charge in [0, 0.05) is 23.9 Å². The first kappa shape index (κ1) is 28.2. The Morgan fingerprint density at radius 2 is 1.74 bits per heavy atom. The van der Waals surface area contributed by atoms with Crippen molar-refractivity contribution in [1.82, 2.24) is 15.5 Å². The quantitative estimate of drug-likeness (QED) is 0.371. The molecule has 2 aliphatic heterocycles. The lowest BCUT2D eigenvalue weighted by Gasteiger charge is -2.50. The molecule has 0 aromatic rings. The largest absolute Gasteiger partial charge is 0.471 e. The zero-order valence-corrected chi connectivity index (χ0v) is 21.8. The highest BCUT2D eigenvalue weighted by Crippen LogP contribution is 2.59. The topological polar surface area (TPSA) is 165 Å². The van der Waals surface area contributed by atoms with Crippen molar-refractivity contribution < 1.29 is 37.1 Å². The third-order valence-electron chi connectivity index (χ3n) is 9.10. The highest BCUT2D eigenvalue weighted by Gasteiger charge is 2.61. The molecule has 2 aliphatic carbocycles. The van der Waals surface area contributed by atoms with E-state index in [4.69, 9.17) is 11.5 Å². The van der Waals surface area contributed by atoms with Gasteiger partial charge in [-0.2, -0.15) is 13.2 Å². The molecule has 4 aliphatic rings. The number of rotatable bonds is 7. The van der Waals surface area contributed by atoms with Crippen molar-refractivity contribution in [1.29, 1.82) is 0 Å². The molecule has 0 radical (unpaired) electrons. The van der Waals surface area contributed by atoms with E-state index in [0.29, 0.717) is 19.3 Å². The number of amides is 5. The Hall–Kier alpha value is -2.86. The average molecular weight is 544 g/mol. The first-order valence-corrected chi connectivity index (χ1v) is 13.0. The van der Waals surface area contributed by atoms with Crippen molar-refractivity contribution in [2.45, 2.75) is 89.5 Å². The third-order valence-corrected chi connectivity index (χ3v) is 9.10. The minimum absolute atomic E-state index is 0.0108. The molecule has 13 heteroatoms. The Bertz CT molecular complexity index is 1050. The fraction of sp³-hybridized carbons (Fsp3) is 0.800. The van der Waals surface area contributed by atoms with Crippen molar-refractivity contribution in [3.05, 3.63) is 0 Å². The Morgan fingerprint density at radius 1 is 1.11 bits per heavy atom. The summed E-state index contributed by atoms with van der Waals surface area (Å²) in [5.74, 6) is -5.94. The second-order valence-corrected chi connectivity index (χ2v) is 12.8. The van der Waals surface area contributed by atoms with Crippen LogP contribution in [-0.2, 0) is 24.0 Å². The van der Waals surface area contributed by atoms with Crippen molar-refractivity contribution in [3.8, 4) is 0 Å². The second-order valence-electron chi connectivity index (χ2n) is 12.8. The number of halogens is 3. The molecule has 3 unspecified atom stereocenters. The lowest BCUT2D eigenvalue weighted by Crippen LogP contribution is -2.59. The fourth-order valence-electron chi connectivity index (χ4n) is 6.75. The summed E-state index contributed by atoms with van der Waals surface area (Å²) < 4.78 is 39.0. The van der Waals surface area contributed by atoms with E-state index in [2.05, 4.69) is 5.32 Å². The summed E-state index contributed by atoms with van der Waals surface area (Å²) in [6.07, 6.45) is -1.21. The maximum atomic E-state index is 13.6. The van der Waals surface area contributed by atoms with Crippen LogP contribution in [0.3, 0.4) is 0 Å². The van der Waals surface area contributed by atoms with Crippen LogP contribution in [0.15, 0.2) is 0 Å². The van der Waals surface area contributed by atoms with Crippen molar-refractivity contribution in [3.63, 3.8) is 0 Å². The number of nitrogens with one attached hydrogen (secondary N) is 2. The molecule has 4 rings (SSSR count). The molecule has 6 atom stereocenters. The Balaban J connectivity index is 1.56. The number of hydrogen-bond donors (Lipinski definition) is 4. The zero-order valence-electron chi connectivity index (χ0n) is 21.8. The number of hydrogen-bond acceptors (Lipinski definition) is 5. The normalized spacial score (nSPS) is 31.5. The number of likely N-dealkylation sites (tertiary alicyclic amines) is 1. The molecule has 4 fully saturated rings. The number of nitrogens with two attached hydrogens (primary N) is 2. The smallest absolute Gasteiger partial charge is 0.369 e. The number of alkyl halides is 3. The summed E-state index contributed by atoms with van der Waals surface area (Å²) in [6, 6.07) is -2.69. The molecule has 2 saturated heterocycles. The first-order valence-electron chi connectivity index (χ1n) is 13.0. The molecule has 6 N–H and O–H groups in total. The molecular weight excluding hydrogens is 507 g/mol. The molecule has 0 aromatic carbocycles. The van der Waals surface area contributed by atoms with E-state index in [0.717, 1.165) is 17.7 Å². The predicted octanol–water partition coefficient (Wildman–Crippen LogP) is 0.723. The Morgan fingerprint density at radius 3 is 2.16 bits per heavy atom. The summed E-state index contributed by atoms with van der Waals surface area (Å²) in [6.45, 7) is 4.51. The van der Waals surface area contributed by atoms with Crippen LogP contribution in [0.1, 0.15) is 65.7 Å². The number of primary amides is 2. The number of carbonyl (C=O) groups excluding carboxylic acids is 5. The molecule has 2 heterocycles. The highest BCUT2D eigenvalue weighted by atomic mass is 19.4. The molecule has 5 amide bonds. The lowest BCUT2D eigenvalue weighted by atomic mass is 9.53. The van der Waals surface area contributed by atoms with Gasteiger partial charge in [0.05, 0.1) is 0 Å². The maximum Gasteiger partial charge on any atom is 0.471 e. The van der Waals surface area contributed by atoms with Gasteiger partial charge in [-0.05, 0) is 61.7 Å². The molecule has 2 spiro atoms. The van der Waals surface area contributed by atoms with Crippen LogP contribution < -0.4 is 22.1 Å². The van der Waals surface area contributed by atoms with Gasteiger partial charge >= 0.3 is 12.1 Å². The Kier molecular flexibility index (Phi) is 6.75. The van der Waals surface area contributed by atoms with Gasteiger partial charge in [-0.25, -0.2) is 0 Å². The summed E-state index contributed by atoms with van der Waals surface area (Å²) in [7, 11) is 0. The molecule has 38 heavy (non-hydrogen) atoms.